The van der Waals surface area contributed by atoms with Gasteiger partial charge in [0.05, 0.1) is 11.8 Å². The Hall–Kier alpha value is -2.84. The number of carbonyl (C=O) groups is 1. The Morgan fingerprint density at radius 3 is 2.62 bits per heavy atom. The van der Waals surface area contributed by atoms with Crippen molar-refractivity contribution in [3.05, 3.63) is 57.0 Å². The summed E-state index contributed by atoms with van der Waals surface area (Å²) in [7, 11) is 0. The number of aryl methyl sites for hydroxylation is 1. The minimum Gasteiger partial charge on any atom is -0.302 e. The van der Waals surface area contributed by atoms with Crippen molar-refractivity contribution in [2.45, 2.75) is 25.9 Å². The van der Waals surface area contributed by atoms with E-state index in [2.05, 4.69) is 20.7 Å². The molecule has 1 amide bonds. The van der Waals surface area contributed by atoms with E-state index in [1.165, 1.54) is 18.2 Å². The highest BCUT2D eigenvalue weighted by atomic mass is 19.4. The first kappa shape index (κ1) is 17.5. The highest BCUT2D eigenvalue weighted by molar-refractivity contribution is 5.84. The van der Waals surface area contributed by atoms with Crippen LogP contribution in [-0.2, 0) is 17.4 Å². The third kappa shape index (κ3) is 4.34. The van der Waals surface area contributed by atoms with Crippen LogP contribution in [0.2, 0.25) is 0 Å². The van der Waals surface area contributed by atoms with Crippen molar-refractivity contribution < 1.29 is 18.0 Å². The number of nitrogens with zero attached hydrogens (tertiary/aromatic N) is 1. The molecule has 0 fully saturated rings. The fourth-order valence-electron chi connectivity index (χ4n) is 2.11. The largest absolute Gasteiger partial charge is 0.417 e. The Morgan fingerprint density at radius 2 is 2.00 bits per heavy atom. The number of hydrogen-bond acceptors (Lipinski definition) is 3. The van der Waals surface area contributed by atoms with Crippen LogP contribution in [0.15, 0.2) is 34.2 Å². The van der Waals surface area contributed by atoms with Crippen LogP contribution in [0.25, 0.3) is 0 Å². The first-order chi connectivity index (χ1) is 11.3. The quantitative estimate of drug-likeness (QED) is 0.575. The summed E-state index contributed by atoms with van der Waals surface area (Å²) in [6.07, 6.45) is -3.38. The lowest BCUT2D eigenvalue weighted by molar-refractivity contribution is -0.137. The molecular formula is C15H15F3N4O2. The third-order valence-corrected chi connectivity index (χ3v) is 3.35. The summed E-state index contributed by atoms with van der Waals surface area (Å²) in [5.74, 6) is -0.504. The summed E-state index contributed by atoms with van der Waals surface area (Å²) >= 11 is 0. The molecule has 0 saturated heterocycles. The van der Waals surface area contributed by atoms with Gasteiger partial charge in [0.1, 0.15) is 0 Å². The van der Waals surface area contributed by atoms with E-state index in [-0.39, 0.29) is 24.0 Å². The summed E-state index contributed by atoms with van der Waals surface area (Å²) in [4.78, 5) is 23.1. The number of H-pyrrole nitrogens is 2. The average molecular weight is 340 g/mol. The Kier molecular flexibility index (Phi) is 5.22. The highest BCUT2D eigenvalue weighted by Crippen LogP contribution is 2.30. The van der Waals surface area contributed by atoms with E-state index in [0.717, 1.165) is 12.3 Å². The van der Waals surface area contributed by atoms with E-state index < -0.39 is 17.6 Å². The molecule has 0 aliphatic rings. The molecule has 24 heavy (non-hydrogen) atoms. The molecule has 6 nitrogen and oxygen atoms in total. The number of aromatic amines is 2. The first-order valence-electron chi connectivity index (χ1n) is 7.03. The molecule has 9 heteroatoms. The second-order valence-corrected chi connectivity index (χ2v) is 5.06. The SMILES string of the molecule is Cc1[nH][nH]c(=O)c1CCC(=O)N/N=C/c1ccccc1C(F)(F)F. The standard InChI is InChI=1S/C15H15F3N4O2/c1-9-11(14(24)22-20-9)6-7-13(23)21-19-8-10-4-2-3-5-12(10)15(16,17)18/h2-5,8H,6-7H2,1H3,(H,21,23)(H2,20,22,24)/b19-8+. The third-order valence-electron chi connectivity index (χ3n) is 3.35. The van der Waals surface area contributed by atoms with Gasteiger partial charge in [0.15, 0.2) is 0 Å². The Balaban J connectivity index is 1.95. The van der Waals surface area contributed by atoms with Crippen LogP contribution < -0.4 is 11.0 Å². The Labute approximate surface area is 134 Å². The van der Waals surface area contributed by atoms with Crippen molar-refractivity contribution in [1.82, 2.24) is 15.6 Å². The van der Waals surface area contributed by atoms with Crippen LogP contribution in [0.1, 0.15) is 28.8 Å². The minimum absolute atomic E-state index is 0.0139. The number of halogens is 3. The summed E-state index contributed by atoms with van der Waals surface area (Å²) in [5, 5.41) is 8.58. The van der Waals surface area contributed by atoms with Gasteiger partial charge < -0.3 is 5.10 Å². The van der Waals surface area contributed by atoms with Gasteiger partial charge >= 0.3 is 6.18 Å². The molecule has 0 unspecified atom stereocenters. The number of aromatic nitrogens is 2. The van der Waals surface area contributed by atoms with Crippen LogP contribution in [0, 0.1) is 6.92 Å². The van der Waals surface area contributed by atoms with E-state index in [1.54, 1.807) is 6.92 Å². The molecule has 0 aliphatic carbocycles. The fraction of sp³-hybridized carbons (Fsp3) is 0.267. The van der Waals surface area contributed by atoms with Crippen molar-refractivity contribution in [3.63, 3.8) is 0 Å². The van der Waals surface area contributed by atoms with Gasteiger partial charge in [-0.1, -0.05) is 18.2 Å². The van der Waals surface area contributed by atoms with Crippen LogP contribution in [0.3, 0.4) is 0 Å². The van der Waals surface area contributed by atoms with Crippen molar-refractivity contribution >= 4 is 12.1 Å². The minimum atomic E-state index is -4.50. The molecule has 0 atom stereocenters. The molecule has 0 saturated carbocycles. The summed E-state index contributed by atoms with van der Waals surface area (Å²) in [5.41, 5.74) is 1.95. The fourth-order valence-corrected chi connectivity index (χ4v) is 2.11. The van der Waals surface area contributed by atoms with E-state index in [1.807, 2.05) is 0 Å². The van der Waals surface area contributed by atoms with Gasteiger partial charge in [-0.25, -0.2) is 5.43 Å². The van der Waals surface area contributed by atoms with Crippen LogP contribution in [0.4, 0.5) is 13.2 Å². The van der Waals surface area contributed by atoms with E-state index in [9.17, 15) is 22.8 Å². The molecule has 0 radical (unpaired) electrons. The molecule has 0 aliphatic heterocycles. The molecule has 0 bridgehead atoms. The molecule has 3 N–H and O–H groups in total. The lowest BCUT2D eigenvalue weighted by Gasteiger charge is -2.09. The number of alkyl halides is 3. The smallest absolute Gasteiger partial charge is 0.302 e. The van der Waals surface area contributed by atoms with Crippen molar-refractivity contribution in [2.24, 2.45) is 5.10 Å². The van der Waals surface area contributed by atoms with Gasteiger partial charge in [-0.2, -0.15) is 18.3 Å². The number of benzene rings is 1. The van der Waals surface area contributed by atoms with E-state index in [4.69, 9.17) is 0 Å². The number of hydrazone groups is 1. The van der Waals surface area contributed by atoms with Crippen molar-refractivity contribution in [1.29, 1.82) is 0 Å². The maximum absolute atomic E-state index is 12.8. The molecule has 2 rings (SSSR count). The maximum Gasteiger partial charge on any atom is 0.417 e. The molecule has 128 valence electrons. The maximum atomic E-state index is 12.8. The predicted octanol–water partition coefficient (Wildman–Crippen LogP) is 2.11. The summed E-state index contributed by atoms with van der Waals surface area (Å²) in [6.45, 7) is 1.69. The van der Waals surface area contributed by atoms with Crippen LogP contribution in [-0.4, -0.2) is 22.3 Å². The van der Waals surface area contributed by atoms with Gasteiger partial charge in [0, 0.05) is 23.2 Å². The van der Waals surface area contributed by atoms with Crippen LogP contribution in [0.5, 0.6) is 0 Å². The zero-order valence-corrected chi connectivity index (χ0v) is 12.7. The van der Waals surface area contributed by atoms with Gasteiger partial charge in [0.2, 0.25) is 5.91 Å². The number of hydrogen-bond donors (Lipinski definition) is 3. The Bertz CT molecular complexity index is 806. The topological polar surface area (TPSA) is 90.1 Å². The summed E-state index contributed by atoms with van der Waals surface area (Å²) < 4.78 is 38.4. The van der Waals surface area contributed by atoms with Gasteiger partial charge in [0.25, 0.3) is 5.56 Å². The predicted molar refractivity (Wildman–Crippen MR) is 81.7 cm³/mol. The molecular weight excluding hydrogens is 325 g/mol. The lowest BCUT2D eigenvalue weighted by Crippen LogP contribution is -2.19. The number of rotatable bonds is 5. The zero-order chi connectivity index (χ0) is 17.7. The highest BCUT2D eigenvalue weighted by Gasteiger charge is 2.32. The monoisotopic (exact) mass is 340 g/mol. The molecule has 2 aromatic rings. The second kappa shape index (κ2) is 7.16. The molecule has 1 heterocycles. The number of nitrogens with one attached hydrogen (secondary N) is 3. The van der Waals surface area contributed by atoms with E-state index >= 15 is 0 Å². The molecule has 1 aromatic carbocycles. The first-order valence-corrected chi connectivity index (χ1v) is 7.03. The second-order valence-electron chi connectivity index (χ2n) is 5.06. The van der Waals surface area contributed by atoms with E-state index in [0.29, 0.717) is 11.3 Å². The zero-order valence-electron chi connectivity index (χ0n) is 12.7. The van der Waals surface area contributed by atoms with Gasteiger partial charge in [-0.15, -0.1) is 0 Å². The average Bonchev–Trinajstić information content (AvgIpc) is 2.83. The normalized spacial score (nSPS) is 11.8. The van der Waals surface area contributed by atoms with Gasteiger partial charge in [-0.05, 0) is 19.4 Å². The van der Waals surface area contributed by atoms with Crippen molar-refractivity contribution in [3.8, 4) is 0 Å². The van der Waals surface area contributed by atoms with Crippen molar-refractivity contribution in [2.75, 3.05) is 0 Å². The summed E-state index contributed by atoms with van der Waals surface area (Å²) in [6, 6.07) is 4.90. The molecule has 0 spiro atoms. The lowest BCUT2D eigenvalue weighted by atomic mass is 10.1. The number of amides is 1. The van der Waals surface area contributed by atoms with Gasteiger partial charge in [-0.3, -0.25) is 14.7 Å². The Morgan fingerprint density at radius 1 is 1.29 bits per heavy atom. The number of carbonyl (C=O) groups excluding carboxylic acids is 1. The van der Waals surface area contributed by atoms with Crippen LogP contribution >= 0.6 is 0 Å². The molecule has 1 aromatic heterocycles.